The van der Waals surface area contributed by atoms with E-state index >= 15 is 4.39 Å². The predicted molar refractivity (Wildman–Crippen MR) is 141 cm³/mol. The van der Waals surface area contributed by atoms with Crippen molar-refractivity contribution in [2.75, 3.05) is 38.5 Å². The SMILES string of the molecule is Cc1c(Nc2ccc(S(=O)N3CCN(C)CC3)cc2F)nc2ccc(-c3cnn(C4CC4)c3)cn2c1=O. The first-order valence-electron chi connectivity index (χ1n) is 12.4. The van der Waals surface area contributed by atoms with Crippen LogP contribution in [0, 0.1) is 12.7 Å². The van der Waals surface area contributed by atoms with Crippen molar-refractivity contribution >= 4 is 28.1 Å². The average Bonchev–Trinajstić information content (AvgIpc) is 3.64. The van der Waals surface area contributed by atoms with Crippen molar-refractivity contribution in [3.8, 4) is 11.1 Å². The molecule has 1 N–H and O–H groups in total. The number of fused-ring (bicyclic) bond motifs is 1. The Morgan fingerprint density at radius 1 is 1.05 bits per heavy atom. The van der Waals surface area contributed by atoms with Gasteiger partial charge in [0.1, 0.15) is 28.3 Å². The number of nitrogens with zero attached hydrogens (tertiary/aromatic N) is 6. The minimum atomic E-state index is -1.43. The Kier molecular flexibility index (Phi) is 6.13. The number of hydrogen-bond acceptors (Lipinski definition) is 6. The molecule has 1 unspecified atom stereocenters. The number of benzene rings is 1. The number of piperazine rings is 1. The molecule has 1 saturated heterocycles. The molecule has 1 aliphatic carbocycles. The van der Waals surface area contributed by atoms with E-state index in [-0.39, 0.29) is 17.1 Å². The van der Waals surface area contributed by atoms with Crippen LogP contribution in [0.2, 0.25) is 0 Å². The van der Waals surface area contributed by atoms with Gasteiger partial charge in [0.15, 0.2) is 0 Å². The van der Waals surface area contributed by atoms with Crippen molar-refractivity contribution in [3.05, 3.63) is 70.7 Å². The van der Waals surface area contributed by atoms with Crippen molar-refractivity contribution in [1.82, 2.24) is 28.4 Å². The molecule has 37 heavy (non-hydrogen) atoms. The molecular weight excluding hydrogens is 493 g/mol. The lowest BCUT2D eigenvalue weighted by molar-refractivity contribution is 0.228. The summed E-state index contributed by atoms with van der Waals surface area (Å²) in [6, 6.07) is 8.64. The van der Waals surface area contributed by atoms with Crippen LogP contribution in [0.1, 0.15) is 24.4 Å². The molecule has 11 heteroatoms. The number of nitrogens with one attached hydrogen (secondary N) is 1. The molecule has 1 saturated carbocycles. The van der Waals surface area contributed by atoms with Gasteiger partial charge in [0.05, 0.1) is 28.4 Å². The molecule has 1 atom stereocenters. The molecule has 1 aliphatic heterocycles. The van der Waals surface area contributed by atoms with Gasteiger partial charge in [0, 0.05) is 49.7 Å². The van der Waals surface area contributed by atoms with Crippen molar-refractivity contribution in [1.29, 1.82) is 0 Å². The van der Waals surface area contributed by atoms with E-state index in [1.807, 2.05) is 34.5 Å². The Morgan fingerprint density at radius 3 is 2.57 bits per heavy atom. The first kappa shape index (κ1) is 24.0. The van der Waals surface area contributed by atoms with Crippen LogP contribution in [0.15, 0.2) is 58.6 Å². The largest absolute Gasteiger partial charge is 0.337 e. The first-order valence-corrected chi connectivity index (χ1v) is 13.5. The Labute approximate surface area is 216 Å². The zero-order valence-electron chi connectivity index (χ0n) is 20.7. The smallest absolute Gasteiger partial charge is 0.262 e. The van der Waals surface area contributed by atoms with Crippen LogP contribution >= 0.6 is 0 Å². The second-order valence-corrected chi connectivity index (χ2v) is 11.2. The quantitative estimate of drug-likeness (QED) is 0.419. The highest BCUT2D eigenvalue weighted by atomic mass is 32.2. The zero-order valence-corrected chi connectivity index (χ0v) is 21.5. The number of halogens is 1. The van der Waals surface area contributed by atoms with Gasteiger partial charge in [0.2, 0.25) is 0 Å². The van der Waals surface area contributed by atoms with E-state index in [1.54, 1.807) is 31.3 Å². The summed E-state index contributed by atoms with van der Waals surface area (Å²) in [5.74, 6) is -0.268. The molecule has 2 aliphatic rings. The van der Waals surface area contributed by atoms with Gasteiger partial charge in [-0.25, -0.2) is 17.9 Å². The predicted octanol–water partition coefficient (Wildman–Crippen LogP) is 3.35. The third kappa shape index (κ3) is 4.70. The second-order valence-electron chi connectivity index (χ2n) is 9.72. The van der Waals surface area contributed by atoms with Gasteiger partial charge in [-0.1, -0.05) is 0 Å². The Morgan fingerprint density at radius 2 is 1.84 bits per heavy atom. The molecule has 0 bridgehead atoms. The molecule has 2 fully saturated rings. The highest BCUT2D eigenvalue weighted by molar-refractivity contribution is 7.82. The number of pyridine rings is 1. The standard InChI is InChI=1S/C26H28FN7O2S/c1-17-25(29-23-7-6-21(13-22(23)27)37(36)32-11-9-31(2)10-12-32)30-24-8-3-18(15-33(24)26(17)35)19-14-28-34(16-19)20-4-5-20/h3,6-8,13-16,20,29H,4-5,9-12H2,1-2H3. The third-order valence-corrected chi connectivity index (χ3v) is 8.49. The van der Waals surface area contributed by atoms with Crippen LogP contribution in [0.3, 0.4) is 0 Å². The lowest BCUT2D eigenvalue weighted by Crippen LogP contribution is -2.45. The van der Waals surface area contributed by atoms with Crippen LogP contribution in [0.5, 0.6) is 0 Å². The normalized spacial score (nSPS) is 17.8. The van der Waals surface area contributed by atoms with Crippen LogP contribution in [0.25, 0.3) is 16.8 Å². The zero-order chi connectivity index (χ0) is 25.7. The number of anilines is 2. The molecule has 0 spiro atoms. The van der Waals surface area contributed by atoms with E-state index in [4.69, 9.17) is 0 Å². The maximum atomic E-state index is 15.0. The molecule has 1 aromatic carbocycles. The minimum Gasteiger partial charge on any atom is -0.337 e. The number of rotatable bonds is 6. The second kappa shape index (κ2) is 9.47. The fourth-order valence-electron chi connectivity index (χ4n) is 4.48. The first-order chi connectivity index (χ1) is 17.9. The average molecular weight is 522 g/mol. The highest BCUT2D eigenvalue weighted by Gasteiger charge is 2.24. The monoisotopic (exact) mass is 521 g/mol. The number of hydrogen-bond donors (Lipinski definition) is 1. The summed E-state index contributed by atoms with van der Waals surface area (Å²) < 4.78 is 33.3. The molecule has 4 aromatic rings. The lowest BCUT2D eigenvalue weighted by atomic mass is 10.1. The van der Waals surface area contributed by atoms with Crippen LogP contribution in [-0.2, 0) is 11.0 Å². The van der Waals surface area contributed by atoms with Crippen LogP contribution < -0.4 is 10.9 Å². The van der Waals surface area contributed by atoms with Gasteiger partial charge in [-0.2, -0.15) is 5.10 Å². The topological polar surface area (TPSA) is 87.8 Å². The van der Waals surface area contributed by atoms with Crippen molar-refractivity contribution in [2.45, 2.75) is 30.7 Å². The van der Waals surface area contributed by atoms with Crippen molar-refractivity contribution in [2.24, 2.45) is 0 Å². The maximum absolute atomic E-state index is 15.0. The molecule has 4 heterocycles. The van der Waals surface area contributed by atoms with Gasteiger partial charge in [0.25, 0.3) is 5.56 Å². The minimum absolute atomic E-state index is 0.169. The summed E-state index contributed by atoms with van der Waals surface area (Å²) in [5, 5.41) is 7.40. The fourth-order valence-corrected chi connectivity index (χ4v) is 5.66. The summed E-state index contributed by atoms with van der Waals surface area (Å²) in [5.41, 5.74) is 2.56. The molecular formula is C26H28FN7O2S. The van der Waals surface area contributed by atoms with Gasteiger partial charge in [-0.3, -0.25) is 13.9 Å². The molecule has 6 rings (SSSR count). The van der Waals surface area contributed by atoms with Gasteiger partial charge >= 0.3 is 0 Å². The van der Waals surface area contributed by atoms with E-state index in [2.05, 4.69) is 20.3 Å². The summed E-state index contributed by atoms with van der Waals surface area (Å²) >= 11 is 0. The van der Waals surface area contributed by atoms with E-state index < -0.39 is 16.8 Å². The Hall–Kier alpha value is -3.41. The molecule has 9 nitrogen and oxygen atoms in total. The molecule has 0 radical (unpaired) electrons. The summed E-state index contributed by atoms with van der Waals surface area (Å²) in [6.07, 6.45) is 7.87. The summed E-state index contributed by atoms with van der Waals surface area (Å²) in [7, 11) is 0.598. The van der Waals surface area contributed by atoms with E-state index in [9.17, 15) is 9.00 Å². The summed E-state index contributed by atoms with van der Waals surface area (Å²) in [4.78, 5) is 20.4. The molecule has 192 valence electrons. The van der Waals surface area contributed by atoms with Crippen molar-refractivity contribution in [3.63, 3.8) is 0 Å². The number of aromatic nitrogens is 4. The van der Waals surface area contributed by atoms with Gasteiger partial charge < -0.3 is 10.2 Å². The lowest BCUT2D eigenvalue weighted by Gasteiger charge is -2.31. The fraction of sp³-hybridized carbons (Fsp3) is 0.346. The van der Waals surface area contributed by atoms with Crippen molar-refractivity contribution < 1.29 is 8.60 Å². The molecule has 3 aromatic heterocycles. The van der Waals surface area contributed by atoms with Gasteiger partial charge in [-0.15, -0.1) is 0 Å². The van der Waals surface area contributed by atoms with Crippen LogP contribution in [-0.4, -0.2) is 65.8 Å². The maximum Gasteiger partial charge on any atom is 0.262 e. The van der Waals surface area contributed by atoms with E-state index in [0.29, 0.717) is 35.2 Å². The molecule has 0 amide bonds. The van der Waals surface area contributed by atoms with Crippen LogP contribution in [0.4, 0.5) is 15.9 Å². The Bertz CT molecular complexity index is 1570. The Balaban J connectivity index is 1.25. The third-order valence-electron chi connectivity index (χ3n) is 7.00. The summed E-state index contributed by atoms with van der Waals surface area (Å²) in [6.45, 7) is 4.64. The van der Waals surface area contributed by atoms with Gasteiger partial charge in [-0.05, 0) is 57.1 Å². The highest BCUT2D eigenvalue weighted by Crippen LogP contribution is 2.35. The van der Waals surface area contributed by atoms with E-state index in [0.717, 1.165) is 37.1 Å². The number of likely N-dealkylation sites (N-methyl/N-ethyl adjacent to an activating group) is 1. The van der Waals surface area contributed by atoms with E-state index in [1.165, 1.54) is 10.5 Å².